The molecule has 6 heteroatoms. The summed E-state index contributed by atoms with van der Waals surface area (Å²) >= 11 is 0. The number of hydrogen-bond donors (Lipinski definition) is 4. The third-order valence-electron chi connectivity index (χ3n) is 2.37. The average Bonchev–Trinajstić information content (AvgIpc) is 2.38. The number of rotatable bonds is 6. The number of carboxylic acid groups (broad SMARTS) is 1. The summed E-state index contributed by atoms with van der Waals surface area (Å²) in [5, 5.41) is 29.4. The normalized spacial score (nSPS) is 13.7. The van der Waals surface area contributed by atoms with Crippen LogP contribution in [0.2, 0.25) is 0 Å². The molecule has 0 spiro atoms. The molecule has 0 aromatic heterocycles. The van der Waals surface area contributed by atoms with E-state index in [1.807, 2.05) is 0 Å². The van der Waals surface area contributed by atoms with Crippen molar-refractivity contribution in [2.24, 2.45) is 0 Å². The van der Waals surface area contributed by atoms with Gasteiger partial charge in [0.25, 0.3) is 5.91 Å². The summed E-state index contributed by atoms with van der Waals surface area (Å²) in [6.45, 7) is -0.0177. The number of hydrogen-bond acceptors (Lipinski definition) is 4. The molecule has 0 saturated carbocycles. The van der Waals surface area contributed by atoms with Gasteiger partial charge in [0.05, 0.1) is 0 Å². The molecule has 0 aliphatic carbocycles. The second kappa shape index (κ2) is 6.73. The number of aliphatic hydroxyl groups excluding tert-OH is 2. The quantitative estimate of drug-likeness (QED) is 0.555. The molecule has 1 aromatic carbocycles. The van der Waals surface area contributed by atoms with E-state index < -0.39 is 24.1 Å². The maximum Gasteiger partial charge on any atom is 0.332 e. The maximum atomic E-state index is 11.5. The molecule has 98 valence electrons. The molecule has 0 aliphatic heterocycles. The van der Waals surface area contributed by atoms with Crippen molar-refractivity contribution in [3.8, 4) is 0 Å². The lowest BCUT2D eigenvalue weighted by Crippen LogP contribution is -2.33. The monoisotopic (exact) mass is 253 g/mol. The van der Waals surface area contributed by atoms with Gasteiger partial charge in [-0.25, -0.2) is 4.79 Å². The number of aliphatic carboxylic acids is 1. The van der Waals surface area contributed by atoms with Crippen LogP contribution in [0.15, 0.2) is 30.3 Å². The van der Waals surface area contributed by atoms with Crippen molar-refractivity contribution in [1.82, 2.24) is 5.32 Å². The lowest BCUT2D eigenvalue weighted by Gasteiger charge is -2.12. The molecular weight excluding hydrogens is 238 g/mol. The Bertz CT molecular complexity index is 406. The van der Waals surface area contributed by atoms with Gasteiger partial charge in [0.2, 0.25) is 0 Å². The molecule has 18 heavy (non-hydrogen) atoms. The number of carbonyl (C=O) groups excluding carboxylic acids is 1. The molecule has 2 atom stereocenters. The Hall–Kier alpha value is -1.92. The van der Waals surface area contributed by atoms with Crippen molar-refractivity contribution >= 4 is 11.9 Å². The minimum absolute atomic E-state index is 0.0177. The minimum Gasteiger partial charge on any atom is -0.479 e. The van der Waals surface area contributed by atoms with Gasteiger partial charge in [-0.1, -0.05) is 30.3 Å². The predicted octanol–water partition coefficient (Wildman–Crippen LogP) is -0.328. The van der Waals surface area contributed by atoms with Gasteiger partial charge >= 0.3 is 5.97 Å². The van der Waals surface area contributed by atoms with Crippen LogP contribution in [0.1, 0.15) is 18.1 Å². The van der Waals surface area contributed by atoms with E-state index in [0.717, 1.165) is 0 Å². The van der Waals surface area contributed by atoms with Crippen molar-refractivity contribution in [2.45, 2.75) is 18.6 Å². The average molecular weight is 253 g/mol. The van der Waals surface area contributed by atoms with Gasteiger partial charge in [0, 0.05) is 13.0 Å². The smallest absolute Gasteiger partial charge is 0.332 e. The molecule has 0 fully saturated rings. The molecule has 1 amide bonds. The summed E-state index contributed by atoms with van der Waals surface area (Å²) in [6.07, 6.45) is -2.92. The Morgan fingerprint density at radius 3 is 2.33 bits per heavy atom. The Morgan fingerprint density at radius 2 is 1.78 bits per heavy atom. The molecular formula is C12H15NO5. The Labute approximate surface area is 104 Å². The third kappa shape index (κ3) is 4.15. The molecule has 6 nitrogen and oxygen atoms in total. The summed E-state index contributed by atoms with van der Waals surface area (Å²) in [5.74, 6) is -1.97. The van der Waals surface area contributed by atoms with Crippen LogP contribution in [-0.4, -0.2) is 39.8 Å². The van der Waals surface area contributed by atoms with Gasteiger partial charge in [0.1, 0.15) is 0 Å². The van der Waals surface area contributed by atoms with Crippen molar-refractivity contribution in [3.05, 3.63) is 35.9 Å². The van der Waals surface area contributed by atoms with Crippen LogP contribution < -0.4 is 5.32 Å². The minimum atomic E-state index is -1.51. The first-order chi connectivity index (χ1) is 8.52. The molecule has 1 rings (SSSR count). The van der Waals surface area contributed by atoms with Crippen LogP contribution >= 0.6 is 0 Å². The zero-order valence-electron chi connectivity index (χ0n) is 9.61. The van der Waals surface area contributed by atoms with Crippen molar-refractivity contribution in [1.29, 1.82) is 0 Å². The molecule has 1 aromatic rings. The fourth-order valence-corrected chi connectivity index (χ4v) is 1.34. The van der Waals surface area contributed by atoms with Gasteiger partial charge in [-0.15, -0.1) is 0 Å². The second-order valence-corrected chi connectivity index (χ2v) is 3.75. The molecule has 0 bridgehead atoms. The first kappa shape index (κ1) is 14.1. The fourth-order valence-electron chi connectivity index (χ4n) is 1.34. The fraction of sp³-hybridized carbons (Fsp3) is 0.333. The molecule has 0 heterocycles. The summed E-state index contributed by atoms with van der Waals surface area (Å²) in [4.78, 5) is 21.8. The van der Waals surface area contributed by atoms with Crippen molar-refractivity contribution < 1.29 is 24.9 Å². The Morgan fingerprint density at radius 1 is 1.17 bits per heavy atom. The number of nitrogens with one attached hydrogen (secondary N) is 1. The number of benzene rings is 1. The molecule has 0 radical (unpaired) electrons. The number of carbonyl (C=O) groups is 2. The lowest BCUT2D eigenvalue weighted by molar-refractivity contribution is -0.147. The summed E-state index contributed by atoms with van der Waals surface area (Å²) in [6, 6.07) is 8.37. The zero-order valence-corrected chi connectivity index (χ0v) is 9.61. The van der Waals surface area contributed by atoms with Crippen LogP contribution in [0, 0.1) is 0 Å². The number of amides is 1. The maximum absolute atomic E-state index is 11.5. The molecule has 0 saturated heterocycles. The highest BCUT2D eigenvalue weighted by molar-refractivity contribution is 5.81. The van der Waals surface area contributed by atoms with Crippen LogP contribution in [0.4, 0.5) is 0 Å². The van der Waals surface area contributed by atoms with E-state index in [2.05, 4.69) is 5.32 Å². The van der Waals surface area contributed by atoms with E-state index in [1.54, 1.807) is 30.3 Å². The number of carboxylic acids is 1. The standard InChI is InChI=1S/C12H15NO5/c14-9(12(17)18)6-7-13-11(16)10(15)8-4-2-1-3-5-8/h1-5,9-10,14-15H,6-7H2,(H,13,16)(H,17,18)/t9-,10?/m0/s1. The SMILES string of the molecule is O=C(NCC[C@H](O)C(=O)O)C(O)c1ccccc1. The van der Waals surface area contributed by atoms with Crippen LogP contribution in [-0.2, 0) is 9.59 Å². The first-order valence-corrected chi connectivity index (χ1v) is 5.44. The van der Waals surface area contributed by atoms with Gasteiger partial charge in [0.15, 0.2) is 12.2 Å². The first-order valence-electron chi connectivity index (χ1n) is 5.44. The predicted molar refractivity (Wildman–Crippen MR) is 62.7 cm³/mol. The van der Waals surface area contributed by atoms with Gasteiger partial charge in [-0.05, 0) is 5.56 Å². The topological polar surface area (TPSA) is 107 Å². The third-order valence-corrected chi connectivity index (χ3v) is 2.37. The second-order valence-electron chi connectivity index (χ2n) is 3.75. The highest BCUT2D eigenvalue weighted by Gasteiger charge is 2.18. The van der Waals surface area contributed by atoms with Crippen molar-refractivity contribution in [3.63, 3.8) is 0 Å². The summed E-state index contributed by atoms with van der Waals surface area (Å²) < 4.78 is 0. The molecule has 0 aliphatic rings. The van der Waals surface area contributed by atoms with E-state index >= 15 is 0 Å². The van der Waals surface area contributed by atoms with Crippen molar-refractivity contribution in [2.75, 3.05) is 6.54 Å². The van der Waals surface area contributed by atoms with Crippen LogP contribution in [0.5, 0.6) is 0 Å². The molecule has 4 N–H and O–H groups in total. The van der Waals surface area contributed by atoms with E-state index in [4.69, 9.17) is 10.2 Å². The van der Waals surface area contributed by atoms with Gasteiger partial charge < -0.3 is 20.6 Å². The van der Waals surface area contributed by atoms with E-state index in [0.29, 0.717) is 5.56 Å². The van der Waals surface area contributed by atoms with E-state index in [1.165, 1.54) is 0 Å². The van der Waals surface area contributed by atoms with Crippen LogP contribution in [0.25, 0.3) is 0 Å². The van der Waals surface area contributed by atoms with E-state index in [9.17, 15) is 14.7 Å². The number of aliphatic hydroxyl groups is 2. The molecule has 1 unspecified atom stereocenters. The van der Waals surface area contributed by atoms with Crippen LogP contribution in [0.3, 0.4) is 0 Å². The summed E-state index contributed by atoms with van der Waals surface area (Å²) in [5.41, 5.74) is 0.453. The van der Waals surface area contributed by atoms with Gasteiger partial charge in [-0.2, -0.15) is 0 Å². The largest absolute Gasteiger partial charge is 0.479 e. The highest BCUT2D eigenvalue weighted by atomic mass is 16.4. The zero-order chi connectivity index (χ0) is 13.5. The highest BCUT2D eigenvalue weighted by Crippen LogP contribution is 2.11. The summed E-state index contributed by atoms with van der Waals surface area (Å²) in [7, 11) is 0. The Kier molecular flexibility index (Phi) is 5.29. The van der Waals surface area contributed by atoms with E-state index in [-0.39, 0.29) is 13.0 Å². The van der Waals surface area contributed by atoms with Gasteiger partial charge in [-0.3, -0.25) is 4.79 Å². The Balaban J connectivity index is 2.40. The lowest BCUT2D eigenvalue weighted by atomic mass is 10.1.